The predicted molar refractivity (Wildman–Crippen MR) is 63.0 cm³/mol. The van der Waals surface area contributed by atoms with Gasteiger partial charge in [0.15, 0.2) is 0 Å². The molecule has 1 aromatic carbocycles. The van der Waals surface area contributed by atoms with Crippen molar-refractivity contribution in [3.8, 4) is 0 Å². The first-order valence-electron chi connectivity index (χ1n) is 4.46. The summed E-state index contributed by atoms with van der Waals surface area (Å²) < 4.78 is 0. The van der Waals surface area contributed by atoms with Gasteiger partial charge in [-0.05, 0) is 23.6 Å². The van der Waals surface area contributed by atoms with Gasteiger partial charge in [0, 0.05) is 6.04 Å². The van der Waals surface area contributed by atoms with Gasteiger partial charge in [0.1, 0.15) is 0 Å². The molecule has 1 aromatic rings. The predicted octanol–water partition coefficient (Wildman–Crippen LogP) is 3.74. The molecule has 1 unspecified atom stereocenters. The lowest BCUT2D eigenvalue weighted by molar-refractivity contribution is 0.886. The Hall–Kier alpha value is -0.500. The fourth-order valence-electron chi connectivity index (χ4n) is 1.41. The van der Waals surface area contributed by atoms with Gasteiger partial charge in [-0.15, -0.1) is 6.58 Å². The molecule has 2 N–H and O–H groups in total. The average molecular weight is 230 g/mol. The molecule has 0 saturated heterocycles. The topological polar surface area (TPSA) is 26.0 Å². The lowest BCUT2D eigenvalue weighted by Crippen LogP contribution is -2.09. The normalized spacial score (nSPS) is 12.6. The van der Waals surface area contributed by atoms with Crippen LogP contribution in [0.4, 0.5) is 0 Å². The molecule has 0 aliphatic rings. The quantitative estimate of drug-likeness (QED) is 0.786. The van der Waals surface area contributed by atoms with E-state index in [0.29, 0.717) is 10.0 Å². The third kappa shape index (κ3) is 2.11. The Morgan fingerprint density at radius 2 is 2.14 bits per heavy atom. The highest BCUT2D eigenvalue weighted by Gasteiger charge is 2.12. The Morgan fingerprint density at radius 1 is 1.50 bits per heavy atom. The summed E-state index contributed by atoms with van der Waals surface area (Å²) in [4.78, 5) is 0. The molecule has 14 heavy (non-hydrogen) atoms. The van der Waals surface area contributed by atoms with Crippen LogP contribution in [-0.2, 0) is 6.42 Å². The minimum Gasteiger partial charge on any atom is -0.321 e. The van der Waals surface area contributed by atoms with Crippen molar-refractivity contribution in [1.29, 1.82) is 0 Å². The maximum atomic E-state index is 6.08. The summed E-state index contributed by atoms with van der Waals surface area (Å²) in [5, 5.41) is 1.17. The van der Waals surface area contributed by atoms with Crippen LogP contribution in [0.5, 0.6) is 0 Å². The van der Waals surface area contributed by atoms with Crippen molar-refractivity contribution in [1.82, 2.24) is 0 Å². The highest BCUT2D eigenvalue weighted by Crippen LogP contribution is 2.31. The lowest BCUT2D eigenvalue weighted by Gasteiger charge is -2.14. The van der Waals surface area contributed by atoms with Crippen LogP contribution in [0.1, 0.15) is 24.1 Å². The van der Waals surface area contributed by atoms with Gasteiger partial charge in [0.25, 0.3) is 0 Å². The van der Waals surface area contributed by atoms with Crippen molar-refractivity contribution in [3.05, 3.63) is 46.0 Å². The van der Waals surface area contributed by atoms with Gasteiger partial charge in [-0.3, -0.25) is 0 Å². The summed E-state index contributed by atoms with van der Waals surface area (Å²) in [6, 6.07) is 3.49. The van der Waals surface area contributed by atoms with Crippen molar-refractivity contribution in [2.24, 2.45) is 5.73 Å². The van der Waals surface area contributed by atoms with Crippen LogP contribution in [-0.4, -0.2) is 0 Å². The zero-order chi connectivity index (χ0) is 10.7. The van der Waals surface area contributed by atoms with E-state index in [0.717, 1.165) is 17.5 Å². The molecule has 1 rings (SSSR count). The van der Waals surface area contributed by atoms with Crippen LogP contribution in [0.2, 0.25) is 10.0 Å². The molecule has 0 bridgehead atoms. The standard InChI is InChI=1S/C11H13Cl2N/c1-3-7-8(10(14)4-2)5-6-9(12)11(7)13/h4-6,10H,2-3,14H2,1H3. The summed E-state index contributed by atoms with van der Waals surface area (Å²) in [5.74, 6) is 0. The smallest absolute Gasteiger partial charge is 0.0627 e. The van der Waals surface area contributed by atoms with Crippen molar-refractivity contribution in [2.45, 2.75) is 19.4 Å². The molecule has 76 valence electrons. The van der Waals surface area contributed by atoms with Crippen LogP contribution in [0.25, 0.3) is 0 Å². The summed E-state index contributed by atoms with van der Waals surface area (Å²) in [5.41, 5.74) is 7.87. The van der Waals surface area contributed by atoms with E-state index in [9.17, 15) is 0 Å². The zero-order valence-corrected chi connectivity index (χ0v) is 9.57. The molecule has 0 aromatic heterocycles. The zero-order valence-electron chi connectivity index (χ0n) is 8.06. The minimum absolute atomic E-state index is 0.181. The van der Waals surface area contributed by atoms with Crippen LogP contribution in [0.3, 0.4) is 0 Å². The molecule has 3 heteroatoms. The first kappa shape index (κ1) is 11.6. The molecular formula is C11H13Cl2N. The Balaban J connectivity index is 3.30. The molecule has 0 spiro atoms. The minimum atomic E-state index is -0.181. The van der Waals surface area contributed by atoms with Gasteiger partial charge < -0.3 is 5.73 Å². The molecule has 0 heterocycles. The molecular weight excluding hydrogens is 217 g/mol. The number of nitrogens with two attached hydrogens (primary N) is 1. The van der Waals surface area contributed by atoms with E-state index in [1.165, 1.54) is 0 Å². The largest absolute Gasteiger partial charge is 0.321 e. The van der Waals surface area contributed by atoms with Gasteiger partial charge in [0.05, 0.1) is 10.0 Å². The van der Waals surface area contributed by atoms with Crippen molar-refractivity contribution >= 4 is 23.2 Å². The number of hydrogen-bond donors (Lipinski definition) is 1. The molecule has 0 fully saturated rings. The number of benzene rings is 1. The number of hydrogen-bond acceptors (Lipinski definition) is 1. The van der Waals surface area contributed by atoms with Crippen molar-refractivity contribution < 1.29 is 0 Å². The third-order valence-electron chi connectivity index (χ3n) is 2.20. The molecule has 0 amide bonds. The molecule has 1 atom stereocenters. The monoisotopic (exact) mass is 229 g/mol. The van der Waals surface area contributed by atoms with Crippen LogP contribution in [0, 0.1) is 0 Å². The maximum absolute atomic E-state index is 6.08. The van der Waals surface area contributed by atoms with E-state index in [4.69, 9.17) is 28.9 Å². The Bertz CT molecular complexity index is 347. The highest BCUT2D eigenvalue weighted by molar-refractivity contribution is 6.42. The second-order valence-electron chi connectivity index (χ2n) is 3.04. The van der Waals surface area contributed by atoms with E-state index in [2.05, 4.69) is 6.58 Å². The van der Waals surface area contributed by atoms with Gasteiger partial charge in [-0.2, -0.15) is 0 Å². The second kappa shape index (κ2) is 4.83. The fraction of sp³-hybridized carbons (Fsp3) is 0.273. The molecule has 0 radical (unpaired) electrons. The highest BCUT2D eigenvalue weighted by atomic mass is 35.5. The Kier molecular flexibility index (Phi) is 3.99. The van der Waals surface area contributed by atoms with Crippen molar-refractivity contribution in [3.63, 3.8) is 0 Å². The number of rotatable bonds is 3. The molecule has 1 nitrogen and oxygen atoms in total. The Morgan fingerprint density at radius 3 is 2.64 bits per heavy atom. The second-order valence-corrected chi connectivity index (χ2v) is 3.83. The van der Waals surface area contributed by atoms with E-state index in [-0.39, 0.29) is 6.04 Å². The van der Waals surface area contributed by atoms with Crippen molar-refractivity contribution in [2.75, 3.05) is 0 Å². The first-order chi connectivity index (χ1) is 6.61. The van der Waals surface area contributed by atoms with Crippen LogP contribution in [0.15, 0.2) is 24.8 Å². The molecule has 0 aliphatic heterocycles. The lowest BCUT2D eigenvalue weighted by atomic mass is 9.99. The van der Waals surface area contributed by atoms with Gasteiger partial charge >= 0.3 is 0 Å². The average Bonchev–Trinajstić information content (AvgIpc) is 2.20. The van der Waals surface area contributed by atoms with E-state index < -0.39 is 0 Å². The first-order valence-corrected chi connectivity index (χ1v) is 5.22. The van der Waals surface area contributed by atoms with Gasteiger partial charge in [0.2, 0.25) is 0 Å². The third-order valence-corrected chi connectivity index (χ3v) is 3.04. The summed E-state index contributed by atoms with van der Waals surface area (Å²) in [6.07, 6.45) is 2.51. The fourth-order valence-corrected chi connectivity index (χ4v) is 1.89. The van der Waals surface area contributed by atoms with E-state index in [1.54, 1.807) is 12.1 Å². The van der Waals surface area contributed by atoms with Crippen LogP contribution >= 0.6 is 23.2 Å². The summed E-state index contributed by atoms with van der Waals surface area (Å²) in [6.45, 7) is 5.69. The van der Waals surface area contributed by atoms with E-state index >= 15 is 0 Å². The Labute approximate surface area is 94.5 Å². The van der Waals surface area contributed by atoms with E-state index in [1.807, 2.05) is 13.0 Å². The molecule has 0 aliphatic carbocycles. The van der Waals surface area contributed by atoms with Crippen LogP contribution < -0.4 is 5.73 Å². The summed E-state index contributed by atoms with van der Waals surface area (Å²) in [7, 11) is 0. The van der Waals surface area contributed by atoms with Gasteiger partial charge in [-0.1, -0.05) is 42.3 Å². The number of halogens is 2. The summed E-state index contributed by atoms with van der Waals surface area (Å²) >= 11 is 12.0. The maximum Gasteiger partial charge on any atom is 0.0627 e. The SMILES string of the molecule is C=CC(N)c1ccc(Cl)c(Cl)c1CC. The van der Waals surface area contributed by atoms with Gasteiger partial charge in [-0.25, -0.2) is 0 Å². The molecule has 0 saturated carbocycles.